The van der Waals surface area contributed by atoms with Crippen molar-refractivity contribution in [3.63, 3.8) is 0 Å². The number of nitrogens with one attached hydrogen (secondary N) is 1. The Bertz CT molecular complexity index is 318. The van der Waals surface area contributed by atoms with Gasteiger partial charge in [-0.05, 0) is 6.42 Å². The molecule has 6 atom stereocenters. The third-order valence-electron chi connectivity index (χ3n) is 3.10. The van der Waals surface area contributed by atoms with Gasteiger partial charge in [-0.25, -0.2) is 0 Å². The first-order valence-corrected chi connectivity index (χ1v) is 6.45. The molecule has 0 aromatic carbocycles. The van der Waals surface area contributed by atoms with Crippen LogP contribution in [-0.4, -0.2) is 63.6 Å². The zero-order valence-corrected chi connectivity index (χ0v) is 10.9. The van der Waals surface area contributed by atoms with Crippen LogP contribution in [0.15, 0.2) is 0 Å². The van der Waals surface area contributed by atoms with Gasteiger partial charge in [0.15, 0.2) is 6.29 Å². The number of rotatable bonds is 6. The SMILES string of the molecule is [2H]C(CCCC)C(=O)N[C@@H]1C(O)O[C@H](CO)[C@@H](O)[C@@H]1O. The molecule has 0 aromatic rings. The average Bonchev–Trinajstić information content (AvgIpc) is 2.44. The highest BCUT2D eigenvalue weighted by molar-refractivity contribution is 5.76. The number of aliphatic hydroxyl groups is 4. The number of amides is 1. The first kappa shape index (κ1) is 14.7. The van der Waals surface area contributed by atoms with Gasteiger partial charge in [-0.1, -0.05) is 19.8 Å². The van der Waals surface area contributed by atoms with Crippen LogP contribution in [0.5, 0.6) is 0 Å². The second kappa shape index (κ2) is 7.76. The van der Waals surface area contributed by atoms with Gasteiger partial charge in [-0.15, -0.1) is 0 Å². The summed E-state index contributed by atoms with van der Waals surface area (Å²) in [7, 11) is 0. The topological polar surface area (TPSA) is 119 Å². The molecule has 1 amide bonds. The number of aliphatic hydroxyl groups excluding tert-OH is 4. The molecule has 2 unspecified atom stereocenters. The molecule has 0 radical (unpaired) electrons. The second-order valence-corrected chi connectivity index (χ2v) is 4.61. The smallest absolute Gasteiger partial charge is 0.220 e. The molecule has 0 spiro atoms. The van der Waals surface area contributed by atoms with Crippen LogP contribution in [0.2, 0.25) is 0 Å². The van der Waals surface area contributed by atoms with Crippen molar-refractivity contribution < 1.29 is 31.3 Å². The van der Waals surface area contributed by atoms with E-state index in [0.29, 0.717) is 6.42 Å². The van der Waals surface area contributed by atoms with Gasteiger partial charge in [0.2, 0.25) is 5.91 Å². The lowest BCUT2D eigenvalue weighted by atomic mass is 9.97. The molecule has 1 aliphatic rings. The predicted molar refractivity (Wildman–Crippen MR) is 66.1 cm³/mol. The summed E-state index contributed by atoms with van der Waals surface area (Å²) in [6.07, 6.45) is -4.59. The summed E-state index contributed by atoms with van der Waals surface area (Å²) in [6.45, 7) is 1.38. The third-order valence-corrected chi connectivity index (χ3v) is 3.10. The van der Waals surface area contributed by atoms with E-state index < -0.39 is 49.6 Å². The van der Waals surface area contributed by atoms with Crippen LogP contribution in [0.3, 0.4) is 0 Å². The molecule has 1 saturated heterocycles. The molecule has 1 rings (SSSR count). The van der Waals surface area contributed by atoms with E-state index in [1.165, 1.54) is 0 Å². The largest absolute Gasteiger partial charge is 0.394 e. The van der Waals surface area contributed by atoms with Gasteiger partial charge in [0.1, 0.15) is 24.4 Å². The number of carbonyl (C=O) groups is 1. The molecule has 19 heavy (non-hydrogen) atoms. The van der Waals surface area contributed by atoms with E-state index in [2.05, 4.69) is 5.32 Å². The van der Waals surface area contributed by atoms with Crippen LogP contribution in [0.4, 0.5) is 0 Å². The van der Waals surface area contributed by atoms with Gasteiger partial charge in [0.05, 0.1) is 6.61 Å². The summed E-state index contributed by atoms with van der Waals surface area (Å²) < 4.78 is 12.6. The number of hydrogen-bond donors (Lipinski definition) is 5. The second-order valence-electron chi connectivity index (χ2n) is 4.61. The highest BCUT2D eigenvalue weighted by Crippen LogP contribution is 2.19. The number of hydrogen-bond acceptors (Lipinski definition) is 6. The van der Waals surface area contributed by atoms with Crippen LogP contribution in [0.25, 0.3) is 0 Å². The van der Waals surface area contributed by atoms with Gasteiger partial charge < -0.3 is 30.5 Å². The van der Waals surface area contributed by atoms with Gasteiger partial charge in [-0.3, -0.25) is 4.79 Å². The Balaban J connectivity index is 2.59. The number of carbonyl (C=O) groups excluding carboxylic acids is 1. The van der Waals surface area contributed by atoms with E-state index >= 15 is 0 Å². The minimum Gasteiger partial charge on any atom is -0.394 e. The molecule has 112 valence electrons. The summed E-state index contributed by atoms with van der Waals surface area (Å²) in [6, 6.07) is -1.23. The predicted octanol–water partition coefficient (Wildman–Crippen LogP) is -1.52. The van der Waals surface area contributed by atoms with Crippen molar-refractivity contribution >= 4 is 5.91 Å². The van der Waals surface area contributed by atoms with Crippen molar-refractivity contribution in [2.45, 2.75) is 63.2 Å². The highest BCUT2D eigenvalue weighted by Gasteiger charge is 2.44. The molecule has 5 N–H and O–H groups in total. The molecule has 7 heteroatoms. The lowest BCUT2D eigenvalue weighted by molar-refractivity contribution is -0.253. The van der Waals surface area contributed by atoms with Gasteiger partial charge in [0, 0.05) is 7.77 Å². The minimum atomic E-state index is -1.55. The lowest BCUT2D eigenvalue weighted by Crippen LogP contribution is -2.64. The maximum atomic E-state index is 11.8. The number of ether oxygens (including phenoxy) is 1. The fourth-order valence-electron chi connectivity index (χ4n) is 1.91. The molecule has 1 heterocycles. The van der Waals surface area contributed by atoms with Crippen molar-refractivity contribution in [3.05, 3.63) is 0 Å². The molecule has 7 nitrogen and oxygen atoms in total. The third kappa shape index (κ3) is 4.39. The van der Waals surface area contributed by atoms with Gasteiger partial charge >= 0.3 is 0 Å². The molecule has 1 aliphatic heterocycles. The molecule has 0 aliphatic carbocycles. The van der Waals surface area contributed by atoms with Gasteiger partial charge in [-0.2, -0.15) is 0 Å². The Morgan fingerprint density at radius 2 is 2.00 bits per heavy atom. The normalized spacial score (nSPS) is 37.5. The summed E-state index contributed by atoms with van der Waals surface area (Å²) in [4.78, 5) is 11.8. The fraction of sp³-hybridized carbons (Fsp3) is 0.917. The first-order chi connectivity index (χ1) is 9.42. The lowest BCUT2D eigenvalue weighted by Gasteiger charge is -2.40. The number of unbranched alkanes of at least 4 members (excludes halogenated alkanes) is 1. The van der Waals surface area contributed by atoms with Crippen molar-refractivity contribution in [2.75, 3.05) is 6.61 Å². The average molecular weight is 278 g/mol. The molecule has 1 fully saturated rings. The van der Waals surface area contributed by atoms with Crippen molar-refractivity contribution in [1.82, 2.24) is 5.32 Å². The Morgan fingerprint density at radius 3 is 2.58 bits per heavy atom. The van der Waals surface area contributed by atoms with E-state index in [4.69, 9.17) is 11.2 Å². The molecule has 0 bridgehead atoms. The van der Waals surface area contributed by atoms with Crippen LogP contribution in [0, 0.1) is 0 Å². The van der Waals surface area contributed by atoms with E-state index in [9.17, 15) is 20.1 Å². The first-order valence-electron chi connectivity index (χ1n) is 7.03. The highest BCUT2D eigenvalue weighted by atomic mass is 16.6. The van der Waals surface area contributed by atoms with Crippen LogP contribution in [0.1, 0.15) is 34.0 Å². The van der Waals surface area contributed by atoms with Crippen molar-refractivity contribution in [1.29, 1.82) is 0 Å². The standard InChI is InChI=1S/C12H23NO6/c1-2-3-4-5-8(15)13-9-11(17)10(16)7(6-14)19-12(9)18/h7,9-12,14,16-18H,2-6H2,1H3,(H,13,15)/t7-,9+,10-,11-,12?/m1/s1/i5D/t5?,7-,9+,10-,11-,12?. The summed E-state index contributed by atoms with van der Waals surface area (Å²) in [5.41, 5.74) is 0. The molecule has 0 saturated carbocycles. The quantitative estimate of drug-likeness (QED) is 0.403. The minimum absolute atomic E-state index is 0.379. The van der Waals surface area contributed by atoms with Crippen molar-refractivity contribution in [3.8, 4) is 0 Å². The van der Waals surface area contributed by atoms with Crippen LogP contribution in [-0.2, 0) is 9.53 Å². The fourth-order valence-corrected chi connectivity index (χ4v) is 1.91. The van der Waals surface area contributed by atoms with Crippen molar-refractivity contribution in [2.24, 2.45) is 0 Å². The Hall–Kier alpha value is -0.730. The summed E-state index contributed by atoms with van der Waals surface area (Å²) in [5.74, 6) is -0.639. The van der Waals surface area contributed by atoms with E-state index in [-0.39, 0.29) is 0 Å². The summed E-state index contributed by atoms with van der Waals surface area (Å²) in [5, 5.41) is 40.4. The monoisotopic (exact) mass is 278 g/mol. The molecule has 0 aromatic heterocycles. The molecular formula is C12H23NO6. The van der Waals surface area contributed by atoms with E-state index in [0.717, 1.165) is 12.8 Å². The Labute approximate surface area is 113 Å². The molecular weight excluding hydrogens is 254 g/mol. The van der Waals surface area contributed by atoms with Crippen LogP contribution >= 0.6 is 0 Å². The zero-order chi connectivity index (χ0) is 15.3. The Morgan fingerprint density at radius 1 is 1.32 bits per heavy atom. The van der Waals surface area contributed by atoms with Gasteiger partial charge in [0.25, 0.3) is 0 Å². The summed E-state index contributed by atoms with van der Waals surface area (Å²) >= 11 is 0. The maximum absolute atomic E-state index is 11.8. The zero-order valence-electron chi connectivity index (χ0n) is 11.9. The maximum Gasteiger partial charge on any atom is 0.220 e. The van der Waals surface area contributed by atoms with E-state index in [1.807, 2.05) is 6.92 Å². The Kier molecular flexibility index (Phi) is 5.99. The van der Waals surface area contributed by atoms with E-state index in [1.54, 1.807) is 0 Å². The van der Waals surface area contributed by atoms with Crippen LogP contribution < -0.4 is 5.32 Å².